The molecule has 2 aromatic rings. The zero-order valence-electron chi connectivity index (χ0n) is 16.4. The number of rotatable bonds is 7. The average Bonchev–Trinajstić information content (AvgIpc) is 2.62. The van der Waals surface area contributed by atoms with Gasteiger partial charge in [0.1, 0.15) is 11.5 Å². The van der Waals surface area contributed by atoms with Crippen molar-refractivity contribution >= 4 is 23.2 Å². The number of benzene rings is 2. The molecule has 2 rings (SSSR count). The molecule has 0 saturated carbocycles. The number of aryl methyl sites for hydroxylation is 2. The largest absolute Gasteiger partial charge is 0.494 e. The molecule has 27 heavy (non-hydrogen) atoms. The quantitative estimate of drug-likeness (QED) is 0.774. The van der Waals surface area contributed by atoms with Crippen LogP contribution >= 0.6 is 0 Å². The molecular weight excluding hydrogens is 344 g/mol. The van der Waals surface area contributed by atoms with Crippen molar-refractivity contribution in [3.8, 4) is 11.5 Å². The number of anilines is 2. The van der Waals surface area contributed by atoms with Crippen LogP contribution in [0.25, 0.3) is 0 Å². The van der Waals surface area contributed by atoms with Crippen LogP contribution in [0.5, 0.6) is 11.5 Å². The molecule has 2 amide bonds. The van der Waals surface area contributed by atoms with E-state index in [0.717, 1.165) is 11.1 Å². The van der Waals surface area contributed by atoms with Gasteiger partial charge in [-0.1, -0.05) is 31.5 Å². The Bertz CT molecular complexity index is 831. The van der Waals surface area contributed by atoms with Crippen molar-refractivity contribution in [3.05, 3.63) is 47.5 Å². The van der Waals surface area contributed by atoms with Crippen LogP contribution in [0.3, 0.4) is 0 Å². The van der Waals surface area contributed by atoms with Gasteiger partial charge in [0.15, 0.2) is 6.61 Å². The molecule has 0 radical (unpaired) electrons. The van der Waals surface area contributed by atoms with Crippen LogP contribution < -0.4 is 20.1 Å². The van der Waals surface area contributed by atoms with E-state index in [2.05, 4.69) is 10.6 Å². The van der Waals surface area contributed by atoms with Crippen LogP contribution in [0.4, 0.5) is 11.4 Å². The molecule has 0 atom stereocenters. The fraction of sp³-hybridized carbons (Fsp3) is 0.333. The first-order valence-corrected chi connectivity index (χ1v) is 8.79. The summed E-state index contributed by atoms with van der Waals surface area (Å²) in [5, 5.41) is 5.56. The fourth-order valence-corrected chi connectivity index (χ4v) is 2.45. The van der Waals surface area contributed by atoms with Crippen molar-refractivity contribution in [1.82, 2.24) is 0 Å². The monoisotopic (exact) mass is 370 g/mol. The van der Waals surface area contributed by atoms with E-state index in [1.54, 1.807) is 18.2 Å². The summed E-state index contributed by atoms with van der Waals surface area (Å²) in [5.41, 5.74) is 3.24. The highest BCUT2D eigenvalue weighted by molar-refractivity contribution is 5.95. The van der Waals surface area contributed by atoms with Gasteiger partial charge in [-0.3, -0.25) is 9.59 Å². The average molecular weight is 370 g/mol. The van der Waals surface area contributed by atoms with Gasteiger partial charge in [-0.05, 0) is 37.6 Å². The molecule has 0 aliphatic heterocycles. The van der Waals surface area contributed by atoms with Gasteiger partial charge in [0.05, 0.1) is 12.8 Å². The smallest absolute Gasteiger partial charge is 0.262 e. The van der Waals surface area contributed by atoms with Gasteiger partial charge in [-0.15, -0.1) is 0 Å². The summed E-state index contributed by atoms with van der Waals surface area (Å²) in [5.74, 6) is 0.622. The van der Waals surface area contributed by atoms with Crippen molar-refractivity contribution in [2.24, 2.45) is 5.92 Å². The van der Waals surface area contributed by atoms with Gasteiger partial charge >= 0.3 is 0 Å². The molecule has 6 nitrogen and oxygen atoms in total. The molecule has 0 unspecified atom stereocenters. The Morgan fingerprint density at radius 3 is 2.37 bits per heavy atom. The summed E-state index contributed by atoms with van der Waals surface area (Å²) < 4.78 is 10.9. The third-order valence-corrected chi connectivity index (χ3v) is 3.96. The van der Waals surface area contributed by atoms with E-state index in [4.69, 9.17) is 9.47 Å². The number of ether oxygens (including phenoxy) is 2. The standard InChI is InChI=1S/C21H26N2O4/c1-13(2)21(25)23-17-8-7-16(11-19(17)26-5)22-20(24)12-27-18-9-6-14(3)10-15(18)4/h6-11,13H,12H2,1-5H3,(H,22,24)(H,23,25). The number of hydrogen-bond acceptors (Lipinski definition) is 4. The summed E-state index contributed by atoms with van der Waals surface area (Å²) in [4.78, 5) is 24.0. The van der Waals surface area contributed by atoms with Gasteiger partial charge < -0.3 is 20.1 Å². The first-order valence-electron chi connectivity index (χ1n) is 8.79. The number of carbonyl (C=O) groups excluding carboxylic acids is 2. The molecule has 0 aliphatic rings. The van der Waals surface area contributed by atoms with Crippen LogP contribution in [0, 0.1) is 19.8 Å². The topological polar surface area (TPSA) is 76.7 Å². The van der Waals surface area contributed by atoms with Gasteiger partial charge in [0, 0.05) is 17.7 Å². The summed E-state index contributed by atoms with van der Waals surface area (Å²) in [6, 6.07) is 10.9. The maximum Gasteiger partial charge on any atom is 0.262 e. The van der Waals surface area contributed by atoms with E-state index in [-0.39, 0.29) is 24.3 Å². The maximum absolute atomic E-state index is 12.2. The Balaban J connectivity index is 1.99. The molecule has 6 heteroatoms. The second kappa shape index (κ2) is 9.07. The first-order chi connectivity index (χ1) is 12.8. The predicted octanol–water partition coefficient (Wildman–Crippen LogP) is 3.92. The fourth-order valence-electron chi connectivity index (χ4n) is 2.45. The van der Waals surface area contributed by atoms with E-state index < -0.39 is 0 Å². The number of methoxy groups -OCH3 is 1. The van der Waals surface area contributed by atoms with Gasteiger partial charge in [-0.25, -0.2) is 0 Å². The lowest BCUT2D eigenvalue weighted by Gasteiger charge is -2.14. The van der Waals surface area contributed by atoms with Crippen molar-refractivity contribution in [2.75, 3.05) is 24.4 Å². The van der Waals surface area contributed by atoms with Crippen LogP contribution in [0.2, 0.25) is 0 Å². The second-order valence-electron chi connectivity index (χ2n) is 6.66. The van der Waals surface area contributed by atoms with Crippen molar-refractivity contribution < 1.29 is 19.1 Å². The van der Waals surface area contributed by atoms with Crippen LogP contribution in [0.15, 0.2) is 36.4 Å². The lowest BCUT2D eigenvalue weighted by atomic mass is 10.1. The Kier molecular flexibility index (Phi) is 6.82. The van der Waals surface area contributed by atoms with E-state index in [1.165, 1.54) is 7.11 Å². The minimum atomic E-state index is -0.281. The summed E-state index contributed by atoms with van der Waals surface area (Å²) in [6.45, 7) is 7.47. The van der Waals surface area contributed by atoms with E-state index in [9.17, 15) is 9.59 Å². The molecule has 0 spiro atoms. The predicted molar refractivity (Wildman–Crippen MR) is 107 cm³/mol. The minimum absolute atomic E-state index is 0.0992. The highest BCUT2D eigenvalue weighted by Gasteiger charge is 2.12. The van der Waals surface area contributed by atoms with E-state index in [0.29, 0.717) is 22.9 Å². The highest BCUT2D eigenvalue weighted by atomic mass is 16.5. The maximum atomic E-state index is 12.2. The SMILES string of the molecule is COc1cc(NC(=O)COc2ccc(C)cc2C)ccc1NC(=O)C(C)C. The lowest BCUT2D eigenvalue weighted by molar-refractivity contribution is -0.119. The van der Waals surface area contributed by atoms with E-state index in [1.807, 2.05) is 45.9 Å². The highest BCUT2D eigenvalue weighted by Crippen LogP contribution is 2.28. The molecule has 2 aromatic carbocycles. The van der Waals surface area contributed by atoms with Gasteiger partial charge in [0.25, 0.3) is 5.91 Å². The number of carbonyl (C=O) groups is 2. The zero-order chi connectivity index (χ0) is 20.0. The van der Waals surface area contributed by atoms with Gasteiger partial charge in [0.2, 0.25) is 5.91 Å². The zero-order valence-corrected chi connectivity index (χ0v) is 16.4. The molecule has 0 heterocycles. The normalized spacial score (nSPS) is 10.4. The Labute approximate surface area is 159 Å². The van der Waals surface area contributed by atoms with Crippen LogP contribution in [0.1, 0.15) is 25.0 Å². The minimum Gasteiger partial charge on any atom is -0.494 e. The number of nitrogens with one attached hydrogen (secondary N) is 2. The van der Waals surface area contributed by atoms with Crippen LogP contribution in [-0.2, 0) is 9.59 Å². The molecular formula is C21H26N2O4. The second-order valence-corrected chi connectivity index (χ2v) is 6.66. The van der Waals surface area contributed by atoms with Crippen molar-refractivity contribution in [1.29, 1.82) is 0 Å². The third-order valence-electron chi connectivity index (χ3n) is 3.96. The molecule has 0 saturated heterocycles. The molecule has 144 valence electrons. The third kappa shape index (κ3) is 5.74. The Hall–Kier alpha value is -3.02. The Morgan fingerprint density at radius 2 is 1.74 bits per heavy atom. The van der Waals surface area contributed by atoms with Gasteiger partial charge in [-0.2, -0.15) is 0 Å². The lowest BCUT2D eigenvalue weighted by Crippen LogP contribution is -2.21. The molecule has 0 aromatic heterocycles. The number of hydrogen-bond donors (Lipinski definition) is 2. The van der Waals surface area contributed by atoms with Crippen molar-refractivity contribution in [2.45, 2.75) is 27.7 Å². The summed E-state index contributed by atoms with van der Waals surface area (Å²) >= 11 is 0. The first kappa shape index (κ1) is 20.3. The van der Waals surface area contributed by atoms with E-state index >= 15 is 0 Å². The van der Waals surface area contributed by atoms with Crippen LogP contribution in [-0.4, -0.2) is 25.5 Å². The molecule has 0 fully saturated rings. The summed E-state index contributed by atoms with van der Waals surface area (Å²) in [7, 11) is 1.51. The molecule has 0 aliphatic carbocycles. The molecule has 2 N–H and O–H groups in total. The number of amides is 2. The molecule has 0 bridgehead atoms. The Morgan fingerprint density at radius 1 is 1.00 bits per heavy atom. The summed E-state index contributed by atoms with van der Waals surface area (Å²) in [6.07, 6.45) is 0. The van der Waals surface area contributed by atoms with Crippen molar-refractivity contribution in [3.63, 3.8) is 0 Å².